The minimum atomic E-state index is 0.424. The fourth-order valence-corrected chi connectivity index (χ4v) is 1.68. The Labute approximate surface area is 102 Å². The van der Waals surface area contributed by atoms with E-state index >= 15 is 0 Å². The predicted octanol–water partition coefficient (Wildman–Crippen LogP) is 2.63. The molecule has 16 heavy (non-hydrogen) atoms. The van der Waals surface area contributed by atoms with Gasteiger partial charge in [0.15, 0.2) is 0 Å². The molecule has 2 aromatic rings. The van der Waals surface area contributed by atoms with Crippen LogP contribution in [0.5, 0.6) is 5.75 Å². The topological polar surface area (TPSA) is 48.2 Å². The molecule has 84 valence electrons. The van der Waals surface area contributed by atoms with Crippen LogP contribution in [0.15, 0.2) is 33.5 Å². The second-order valence-electron chi connectivity index (χ2n) is 3.30. The lowest BCUT2D eigenvalue weighted by Gasteiger charge is -2.02. The molecule has 0 unspecified atom stereocenters. The Bertz CT molecular complexity index is 471. The van der Waals surface area contributed by atoms with E-state index in [1.54, 1.807) is 7.11 Å². The SMILES string of the molecule is COc1cccc(CCc2nnc(Br)o2)c1. The van der Waals surface area contributed by atoms with Gasteiger partial charge in [-0.3, -0.25) is 0 Å². The highest BCUT2D eigenvalue weighted by molar-refractivity contribution is 9.10. The first-order chi connectivity index (χ1) is 7.78. The zero-order valence-corrected chi connectivity index (χ0v) is 10.4. The molecule has 1 aromatic heterocycles. The van der Waals surface area contributed by atoms with Crippen LogP contribution in [0, 0.1) is 0 Å². The number of nitrogens with zero attached hydrogens (tertiary/aromatic N) is 2. The first-order valence-electron chi connectivity index (χ1n) is 4.89. The van der Waals surface area contributed by atoms with Crippen molar-refractivity contribution in [2.75, 3.05) is 7.11 Å². The highest BCUT2D eigenvalue weighted by atomic mass is 79.9. The molecule has 0 bridgehead atoms. The molecule has 2 rings (SSSR count). The molecular weight excluding hydrogens is 272 g/mol. The minimum Gasteiger partial charge on any atom is -0.497 e. The van der Waals surface area contributed by atoms with Gasteiger partial charge in [-0.15, -0.1) is 10.2 Å². The van der Waals surface area contributed by atoms with E-state index in [2.05, 4.69) is 26.1 Å². The summed E-state index contributed by atoms with van der Waals surface area (Å²) in [4.78, 5) is 0.424. The summed E-state index contributed by atoms with van der Waals surface area (Å²) in [5.74, 6) is 1.50. The van der Waals surface area contributed by atoms with Gasteiger partial charge < -0.3 is 9.15 Å². The number of hydrogen-bond acceptors (Lipinski definition) is 4. The van der Waals surface area contributed by atoms with E-state index in [1.165, 1.54) is 5.56 Å². The summed E-state index contributed by atoms with van der Waals surface area (Å²) >= 11 is 3.12. The lowest BCUT2D eigenvalue weighted by Crippen LogP contribution is -1.92. The van der Waals surface area contributed by atoms with Crippen LogP contribution in [0.25, 0.3) is 0 Å². The number of hydrogen-bond donors (Lipinski definition) is 0. The fraction of sp³-hybridized carbons (Fsp3) is 0.273. The number of benzene rings is 1. The van der Waals surface area contributed by atoms with E-state index in [4.69, 9.17) is 9.15 Å². The third kappa shape index (κ3) is 2.82. The molecule has 0 radical (unpaired) electrons. The molecular formula is C11H11BrN2O2. The van der Waals surface area contributed by atoms with Crippen LogP contribution in [0.3, 0.4) is 0 Å². The van der Waals surface area contributed by atoms with Crippen molar-refractivity contribution in [1.29, 1.82) is 0 Å². The Hall–Kier alpha value is -1.36. The van der Waals surface area contributed by atoms with E-state index in [9.17, 15) is 0 Å². The van der Waals surface area contributed by atoms with E-state index in [-0.39, 0.29) is 0 Å². The third-order valence-corrected chi connectivity index (χ3v) is 2.52. The van der Waals surface area contributed by atoms with Gasteiger partial charge in [0.05, 0.1) is 7.11 Å². The summed E-state index contributed by atoms with van der Waals surface area (Å²) < 4.78 is 10.4. The molecule has 4 nitrogen and oxygen atoms in total. The Morgan fingerprint density at radius 1 is 1.31 bits per heavy atom. The van der Waals surface area contributed by atoms with Crippen LogP contribution in [-0.4, -0.2) is 17.3 Å². The summed E-state index contributed by atoms with van der Waals surface area (Å²) in [5.41, 5.74) is 1.19. The summed E-state index contributed by atoms with van der Waals surface area (Å²) in [6.07, 6.45) is 1.58. The van der Waals surface area contributed by atoms with Gasteiger partial charge in [0.25, 0.3) is 4.80 Å². The van der Waals surface area contributed by atoms with Crippen LogP contribution in [0.2, 0.25) is 0 Å². The van der Waals surface area contributed by atoms with Crippen LogP contribution in [-0.2, 0) is 12.8 Å². The van der Waals surface area contributed by atoms with E-state index < -0.39 is 0 Å². The molecule has 0 N–H and O–H groups in total. The van der Waals surface area contributed by atoms with Gasteiger partial charge in [-0.25, -0.2) is 0 Å². The summed E-state index contributed by atoms with van der Waals surface area (Å²) in [5, 5.41) is 7.62. The highest BCUT2D eigenvalue weighted by Crippen LogP contribution is 2.15. The number of aryl methyl sites for hydroxylation is 2. The molecule has 0 saturated carbocycles. The number of rotatable bonds is 4. The smallest absolute Gasteiger partial charge is 0.284 e. The van der Waals surface area contributed by atoms with Crippen molar-refractivity contribution in [2.24, 2.45) is 0 Å². The summed E-state index contributed by atoms with van der Waals surface area (Å²) in [6, 6.07) is 7.95. The second-order valence-corrected chi connectivity index (χ2v) is 3.98. The molecule has 0 saturated heterocycles. The van der Waals surface area contributed by atoms with Gasteiger partial charge in [-0.05, 0) is 24.1 Å². The Morgan fingerprint density at radius 3 is 2.88 bits per heavy atom. The number of aromatic nitrogens is 2. The van der Waals surface area contributed by atoms with Crippen LogP contribution in [0.1, 0.15) is 11.5 Å². The lowest BCUT2D eigenvalue weighted by molar-refractivity contribution is 0.414. The van der Waals surface area contributed by atoms with Crippen molar-refractivity contribution < 1.29 is 9.15 Å². The molecule has 0 atom stereocenters. The zero-order chi connectivity index (χ0) is 11.4. The monoisotopic (exact) mass is 282 g/mol. The van der Waals surface area contributed by atoms with Gasteiger partial charge in [-0.2, -0.15) is 0 Å². The van der Waals surface area contributed by atoms with Crippen LogP contribution in [0.4, 0.5) is 0 Å². The Kier molecular flexibility index (Phi) is 3.56. The normalized spacial score (nSPS) is 10.4. The van der Waals surface area contributed by atoms with Crippen molar-refractivity contribution in [3.63, 3.8) is 0 Å². The molecule has 5 heteroatoms. The fourth-order valence-electron chi connectivity index (χ4n) is 1.41. The van der Waals surface area contributed by atoms with E-state index in [0.29, 0.717) is 10.7 Å². The third-order valence-electron chi connectivity index (χ3n) is 2.20. The molecule has 1 aromatic carbocycles. The van der Waals surface area contributed by atoms with Gasteiger partial charge in [0.2, 0.25) is 5.89 Å². The molecule has 0 amide bonds. The van der Waals surface area contributed by atoms with Crippen molar-refractivity contribution in [3.8, 4) is 5.75 Å². The number of methoxy groups -OCH3 is 1. The van der Waals surface area contributed by atoms with Gasteiger partial charge in [-0.1, -0.05) is 12.1 Å². The summed E-state index contributed by atoms with van der Waals surface area (Å²) in [7, 11) is 1.66. The maximum Gasteiger partial charge on any atom is 0.284 e. The maximum absolute atomic E-state index is 5.22. The average molecular weight is 283 g/mol. The van der Waals surface area contributed by atoms with E-state index in [1.807, 2.05) is 24.3 Å². The zero-order valence-electron chi connectivity index (χ0n) is 8.81. The Morgan fingerprint density at radius 2 is 2.19 bits per heavy atom. The van der Waals surface area contributed by atoms with Crippen LogP contribution < -0.4 is 4.74 Å². The van der Waals surface area contributed by atoms with Crippen molar-refractivity contribution in [2.45, 2.75) is 12.8 Å². The molecule has 0 aliphatic rings. The average Bonchev–Trinajstić information content (AvgIpc) is 2.73. The lowest BCUT2D eigenvalue weighted by atomic mass is 10.1. The predicted molar refractivity (Wildman–Crippen MR) is 62.4 cm³/mol. The standard InChI is InChI=1S/C11H11BrN2O2/c1-15-9-4-2-3-8(7-9)5-6-10-13-14-11(12)16-10/h2-4,7H,5-6H2,1H3. The molecule has 1 heterocycles. The van der Waals surface area contributed by atoms with Crippen molar-refractivity contribution in [1.82, 2.24) is 10.2 Å². The first kappa shape index (κ1) is 11.1. The van der Waals surface area contributed by atoms with E-state index in [0.717, 1.165) is 18.6 Å². The van der Waals surface area contributed by atoms with Gasteiger partial charge >= 0.3 is 0 Å². The molecule has 0 aliphatic carbocycles. The van der Waals surface area contributed by atoms with Crippen molar-refractivity contribution in [3.05, 3.63) is 40.5 Å². The quantitative estimate of drug-likeness (QED) is 0.865. The molecule has 0 aliphatic heterocycles. The molecule has 0 spiro atoms. The second kappa shape index (κ2) is 5.12. The maximum atomic E-state index is 5.22. The highest BCUT2D eigenvalue weighted by Gasteiger charge is 2.04. The minimum absolute atomic E-state index is 0.424. The Balaban J connectivity index is 1.99. The summed E-state index contributed by atoms with van der Waals surface area (Å²) in [6.45, 7) is 0. The molecule has 0 fully saturated rings. The van der Waals surface area contributed by atoms with Crippen LogP contribution >= 0.6 is 15.9 Å². The van der Waals surface area contributed by atoms with Gasteiger partial charge in [0.1, 0.15) is 5.75 Å². The van der Waals surface area contributed by atoms with Gasteiger partial charge in [0, 0.05) is 22.4 Å². The number of halogens is 1. The largest absolute Gasteiger partial charge is 0.497 e. The van der Waals surface area contributed by atoms with Crippen molar-refractivity contribution >= 4 is 15.9 Å². The first-order valence-corrected chi connectivity index (χ1v) is 5.68. The number of ether oxygens (including phenoxy) is 1.